The van der Waals surface area contributed by atoms with Crippen LogP contribution in [0.1, 0.15) is 36.9 Å². The molecule has 4 nitrogen and oxygen atoms in total. The summed E-state index contributed by atoms with van der Waals surface area (Å²) < 4.78 is 5.34. The summed E-state index contributed by atoms with van der Waals surface area (Å²) in [5.41, 5.74) is 7.73. The van der Waals surface area contributed by atoms with Gasteiger partial charge in [-0.1, -0.05) is 29.8 Å². The second-order valence-corrected chi connectivity index (χ2v) is 5.70. The van der Waals surface area contributed by atoms with Gasteiger partial charge in [0, 0.05) is 19.8 Å². The average molecular weight is 276 g/mol. The van der Waals surface area contributed by atoms with Gasteiger partial charge in [-0.3, -0.25) is 4.79 Å². The standard InChI is InChI=1S/C16H24N2O2/c1-12-3-5-14(6-4-12)13(2)18-15(19)16(11-17)7-9-20-10-8-16/h3-6,13H,7-11,17H2,1-2H3,(H,18,19)/t13-/m0/s1. The molecule has 0 radical (unpaired) electrons. The van der Waals surface area contributed by atoms with E-state index in [9.17, 15) is 4.79 Å². The van der Waals surface area contributed by atoms with Crippen LogP contribution in [-0.2, 0) is 9.53 Å². The lowest BCUT2D eigenvalue weighted by atomic mass is 9.79. The fourth-order valence-corrected chi connectivity index (χ4v) is 2.57. The molecule has 2 rings (SSSR count). The molecule has 1 saturated heterocycles. The van der Waals surface area contributed by atoms with E-state index in [2.05, 4.69) is 36.5 Å². The fourth-order valence-electron chi connectivity index (χ4n) is 2.57. The molecule has 1 aliphatic heterocycles. The Kier molecular flexibility index (Phi) is 4.78. The normalized spacial score (nSPS) is 19.4. The number of nitrogens with two attached hydrogens (primary N) is 1. The monoisotopic (exact) mass is 276 g/mol. The molecule has 1 aromatic rings. The second kappa shape index (κ2) is 6.37. The lowest BCUT2D eigenvalue weighted by Crippen LogP contribution is -2.49. The summed E-state index contributed by atoms with van der Waals surface area (Å²) in [5, 5.41) is 3.10. The summed E-state index contributed by atoms with van der Waals surface area (Å²) in [5.74, 6) is 0.0522. The maximum Gasteiger partial charge on any atom is 0.228 e. The van der Waals surface area contributed by atoms with Crippen molar-refractivity contribution >= 4 is 5.91 Å². The molecule has 1 aliphatic rings. The number of rotatable bonds is 4. The number of hydrogen-bond acceptors (Lipinski definition) is 3. The third-order valence-electron chi connectivity index (χ3n) is 4.25. The van der Waals surface area contributed by atoms with E-state index < -0.39 is 5.41 Å². The van der Waals surface area contributed by atoms with E-state index in [0.29, 0.717) is 32.6 Å². The summed E-state index contributed by atoms with van der Waals surface area (Å²) >= 11 is 0. The highest BCUT2D eigenvalue weighted by atomic mass is 16.5. The Morgan fingerprint density at radius 2 is 1.95 bits per heavy atom. The molecule has 1 aromatic carbocycles. The van der Waals surface area contributed by atoms with Gasteiger partial charge in [0.05, 0.1) is 11.5 Å². The summed E-state index contributed by atoms with van der Waals surface area (Å²) in [6.07, 6.45) is 1.41. The summed E-state index contributed by atoms with van der Waals surface area (Å²) in [7, 11) is 0. The predicted octanol–water partition coefficient (Wildman–Crippen LogP) is 1.93. The number of hydrogen-bond donors (Lipinski definition) is 2. The number of benzene rings is 1. The van der Waals surface area contributed by atoms with Crippen molar-refractivity contribution in [1.82, 2.24) is 5.32 Å². The first kappa shape index (κ1) is 15.0. The third-order valence-corrected chi connectivity index (χ3v) is 4.25. The van der Waals surface area contributed by atoms with Crippen LogP contribution in [0.3, 0.4) is 0 Å². The van der Waals surface area contributed by atoms with Crippen molar-refractivity contribution in [3.05, 3.63) is 35.4 Å². The number of nitrogens with one attached hydrogen (secondary N) is 1. The molecule has 0 aromatic heterocycles. The zero-order chi connectivity index (χ0) is 14.6. The van der Waals surface area contributed by atoms with Gasteiger partial charge in [-0.2, -0.15) is 0 Å². The number of carbonyl (C=O) groups excluding carboxylic acids is 1. The van der Waals surface area contributed by atoms with Gasteiger partial charge in [0.1, 0.15) is 0 Å². The first-order valence-electron chi connectivity index (χ1n) is 7.23. The van der Waals surface area contributed by atoms with Crippen LogP contribution < -0.4 is 11.1 Å². The van der Waals surface area contributed by atoms with Crippen LogP contribution in [0.2, 0.25) is 0 Å². The van der Waals surface area contributed by atoms with E-state index >= 15 is 0 Å². The zero-order valence-corrected chi connectivity index (χ0v) is 12.3. The Hall–Kier alpha value is -1.39. The van der Waals surface area contributed by atoms with Gasteiger partial charge in [0.15, 0.2) is 0 Å². The Balaban J connectivity index is 2.04. The number of ether oxygens (including phenoxy) is 1. The SMILES string of the molecule is Cc1ccc([C@H](C)NC(=O)C2(CN)CCOCC2)cc1. The van der Waals surface area contributed by atoms with Crippen LogP contribution in [0.25, 0.3) is 0 Å². The van der Waals surface area contributed by atoms with E-state index in [1.165, 1.54) is 5.56 Å². The molecule has 3 N–H and O–H groups in total. The number of amides is 1. The second-order valence-electron chi connectivity index (χ2n) is 5.70. The maximum atomic E-state index is 12.6. The van der Waals surface area contributed by atoms with Crippen molar-refractivity contribution in [2.75, 3.05) is 19.8 Å². The predicted molar refractivity (Wildman–Crippen MR) is 79.3 cm³/mol. The summed E-state index contributed by atoms with van der Waals surface area (Å²) in [4.78, 5) is 12.6. The highest BCUT2D eigenvalue weighted by Gasteiger charge is 2.39. The van der Waals surface area contributed by atoms with Gasteiger partial charge in [-0.15, -0.1) is 0 Å². The van der Waals surface area contributed by atoms with Crippen LogP contribution in [0, 0.1) is 12.3 Å². The number of aryl methyl sites for hydroxylation is 1. The third kappa shape index (κ3) is 3.19. The van der Waals surface area contributed by atoms with Crippen LogP contribution in [0.15, 0.2) is 24.3 Å². The largest absolute Gasteiger partial charge is 0.381 e. The molecule has 0 aliphatic carbocycles. The van der Waals surface area contributed by atoms with Crippen LogP contribution in [-0.4, -0.2) is 25.7 Å². The summed E-state index contributed by atoms with van der Waals surface area (Å²) in [6.45, 7) is 5.67. The van der Waals surface area contributed by atoms with Gasteiger partial charge in [-0.05, 0) is 32.3 Å². The molecule has 1 fully saturated rings. The minimum absolute atomic E-state index is 0.00521. The van der Waals surface area contributed by atoms with E-state index in [4.69, 9.17) is 10.5 Å². The van der Waals surface area contributed by atoms with E-state index in [1.807, 2.05) is 6.92 Å². The lowest BCUT2D eigenvalue weighted by molar-refractivity contribution is -0.136. The van der Waals surface area contributed by atoms with Crippen molar-refractivity contribution in [3.8, 4) is 0 Å². The van der Waals surface area contributed by atoms with Gasteiger partial charge in [0.2, 0.25) is 5.91 Å². The fraction of sp³-hybridized carbons (Fsp3) is 0.562. The molecule has 1 amide bonds. The molecule has 1 atom stereocenters. The Bertz CT molecular complexity index is 450. The molecule has 110 valence electrons. The topological polar surface area (TPSA) is 64.4 Å². The minimum atomic E-state index is -0.461. The van der Waals surface area contributed by atoms with Gasteiger partial charge < -0.3 is 15.8 Å². The van der Waals surface area contributed by atoms with E-state index in [-0.39, 0.29) is 11.9 Å². The first-order chi connectivity index (χ1) is 9.57. The molecule has 0 bridgehead atoms. The van der Waals surface area contributed by atoms with Crippen molar-refractivity contribution in [1.29, 1.82) is 0 Å². The van der Waals surface area contributed by atoms with Crippen molar-refractivity contribution in [2.24, 2.45) is 11.1 Å². The Morgan fingerprint density at radius 3 is 2.50 bits per heavy atom. The maximum absolute atomic E-state index is 12.6. The number of carbonyl (C=O) groups is 1. The summed E-state index contributed by atoms with van der Waals surface area (Å²) in [6, 6.07) is 8.23. The van der Waals surface area contributed by atoms with Gasteiger partial charge in [-0.25, -0.2) is 0 Å². The van der Waals surface area contributed by atoms with Crippen LogP contribution >= 0.6 is 0 Å². The van der Waals surface area contributed by atoms with E-state index in [0.717, 1.165) is 5.56 Å². The van der Waals surface area contributed by atoms with Crippen molar-refractivity contribution in [2.45, 2.75) is 32.7 Å². The lowest BCUT2D eigenvalue weighted by Gasteiger charge is -2.35. The smallest absolute Gasteiger partial charge is 0.228 e. The first-order valence-corrected chi connectivity index (χ1v) is 7.23. The molecular weight excluding hydrogens is 252 g/mol. The average Bonchev–Trinajstić information content (AvgIpc) is 2.48. The molecule has 0 unspecified atom stereocenters. The van der Waals surface area contributed by atoms with Crippen LogP contribution in [0.4, 0.5) is 0 Å². The van der Waals surface area contributed by atoms with Crippen LogP contribution in [0.5, 0.6) is 0 Å². The molecule has 0 spiro atoms. The Morgan fingerprint density at radius 1 is 1.35 bits per heavy atom. The highest BCUT2D eigenvalue weighted by Crippen LogP contribution is 2.30. The molecule has 20 heavy (non-hydrogen) atoms. The molecule has 1 heterocycles. The van der Waals surface area contributed by atoms with Crippen molar-refractivity contribution < 1.29 is 9.53 Å². The quantitative estimate of drug-likeness (QED) is 0.883. The van der Waals surface area contributed by atoms with Gasteiger partial charge in [0.25, 0.3) is 0 Å². The van der Waals surface area contributed by atoms with E-state index in [1.54, 1.807) is 0 Å². The minimum Gasteiger partial charge on any atom is -0.381 e. The molecule has 0 saturated carbocycles. The molecular formula is C16H24N2O2. The molecule has 4 heteroatoms. The zero-order valence-electron chi connectivity index (χ0n) is 12.3. The van der Waals surface area contributed by atoms with Crippen molar-refractivity contribution in [3.63, 3.8) is 0 Å². The Labute approximate surface area is 120 Å². The highest BCUT2D eigenvalue weighted by molar-refractivity contribution is 5.83. The van der Waals surface area contributed by atoms with Gasteiger partial charge >= 0.3 is 0 Å².